The molecule has 1 saturated carbocycles. The van der Waals surface area contributed by atoms with Crippen molar-refractivity contribution in [3.05, 3.63) is 29.8 Å². The molecule has 0 unspecified atom stereocenters. The van der Waals surface area contributed by atoms with E-state index in [1.165, 1.54) is 0 Å². The van der Waals surface area contributed by atoms with Crippen molar-refractivity contribution in [3.8, 4) is 0 Å². The summed E-state index contributed by atoms with van der Waals surface area (Å²) in [4.78, 5) is 33.9. The standard InChI is InChI=1S/C14H15NO4/c1-2-12(16)15-9-5-3-8(4-6-9)13(17)10-7-11(10)14(18)19/h3-6,10-11H,2,7H2,1H3,(H,15,16)(H,18,19)/t10-,11+/m0/s1. The number of rotatable bonds is 5. The summed E-state index contributed by atoms with van der Waals surface area (Å²) < 4.78 is 0. The first-order chi connectivity index (χ1) is 9.02. The molecule has 2 N–H and O–H groups in total. The second-order valence-corrected chi connectivity index (χ2v) is 4.63. The SMILES string of the molecule is CCC(=O)Nc1ccc(C(=O)[C@H]2C[C@H]2C(=O)O)cc1. The van der Waals surface area contributed by atoms with Crippen LogP contribution in [0.4, 0.5) is 5.69 Å². The van der Waals surface area contributed by atoms with E-state index in [1.54, 1.807) is 31.2 Å². The molecule has 2 atom stereocenters. The molecule has 0 saturated heterocycles. The monoisotopic (exact) mass is 261 g/mol. The Morgan fingerprint density at radius 3 is 2.32 bits per heavy atom. The minimum Gasteiger partial charge on any atom is -0.481 e. The molecule has 5 heteroatoms. The van der Waals surface area contributed by atoms with Gasteiger partial charge in [-0.15, -0.1) is 0 Å². The van der Waals surface area contributed by atoms with Crippen LogP contribution >= 0.6 is 0 Å². The molecule has 0 spiro atoms. The predicted molar refractivity (Wildman–Crippen MR) is 68.9 cm³/mol. The molecule has 0 aromatic heterocycles. The summed E-state index contributed by atoms with van der Waals surface area (Å²) in [6, 6.07) is 6.54. The average molecular weight is 261 g/mol. The summed E-state index contributed by atoms with van der Waals surface area (Å²) >= 11 is 0. The molecule has 0 radical (unpaired) electrons. The number of hydrogen-bond acceptors (Lipinski definition) is 3. The first-order valence-electron chi connectivity index (χ1n) is 6.20. The molecule has 1 fully saturated rings. The normalized spacial score (nSPS) is 20.7. The minimum absolute atomic E-state index is 0.0905. The molecule has 5 nitrogen and oxygen atoms in total. The van der Waals surface area contributed by atoms with Crippen molar-refractivity contribution in [1.82, 2.24) is 0 Å². The van der Waals surface area contributed by atoms with Gasteiger partial charge in [0.05, 0.1) is 5.92 Å². The minimum atomic E-state index is -0.912. The van der Waals surface area contributed by atoms with Crippen LogP contribution < -0.4 is 5.32 Å². The van der Waals surface area contributed by atoms with Crippen molar-refractivity contribution in [2.75, 3.05) is 5.32 Å². The highest BCUT2D eigenvalue weighted by Crippen LogP contribution is 2.41. The van der Waals surface area contributed by atoms with Crippen LogP contribution in [-0.2, 0) is 9.59 Å². The summed E-state index contributed by atoms with van der Waals surface area (Å²) in [6.45, 7) is 1.76. The Kier molecular flexibility index (Phi) is 3.64. The Morgan fingerprint density at radius 1 is 1.21 bits per heavy atom. The maximum absolute atomic E-state index is 12.0. The van der Waals surface area contributed by atoms with Gasteiger partial charge in [-0.25, -0.2) is 0 Å². The third kappa shape index (κ3) is 2.99. The van der Waals surface area contributed by atoms with Crippen LogP contribution in [0.5, 0.6) is 0 Å². The van der Waals surface area contributed by atoms with Gasteiger partial charge in [-0.2, -0.15) is 0 Å². The zero-order chi connectivity index (χ0) is 14.0. The summed E-state index contributed by atoms with van der Waals surface area (Å²) in [5, 5.41) is 11.5. The van der Waals surface area contributed by atoms with E-state index in [4.69, 9.17) is 5.11 Å². The summed E-state index contributed by atoms with van der Waals surface area (Å²) in [6.07, 6.45) is 0.811. The number of carbonyl (C=O) groups is 3. The van der Waals surface area contributed by atoms with Gasteiger partial charge in [0.25, 0.3) is 0 Å². The Bertz CT molecular complexity index is 521. The van der Waals surface area contributed by atoms with Crippen molar-refractivity contribution in [3.63, 3.8) is 0 Å². The zero-order valence-corrected chi connectivity index (χ0v) is 10.6. The van der Waals surface area contributed by atoms with E-state index in [0.29, 0.717) is 24.1 Å². The van der Waals surface area contributed by atoms with Crippen LogP contribution in [0.25, 0.3) is 0 Å². The van der Waals surface area contributed by atoms with Gasteiger partial charge >= 0.3 is 5.97 Å². The van der Waals surface area contributed by atoms with E-state index >= 15 is 0 Å². The van der Waals surface area contributed by atoms with Crippen molar-refractivity contribution >= 4 is 23.3 Å². The molecule has 1 aliphatic carbocycles. The highest BCUT2D eigenvalue weighted by Gasteiger charge is 2.48. The number of carboxylic acids is 1. The molecule has 2 rings (SSSR count). The second kappa shape index (κ2) is 5.22. The number of carbonyl (C=O) groups excluding carboxylic acids is 2. The topological polar surface area (TPSA) is 83.5 Å². The molecule has 0 aliphatic heterocycles. The van der Waals surface area contributed by atoms with Gasteiger partial charge in [-0.1, -0.05) is 6.92 Å². The molecule has 0 heterocycles. The van der Waals surface area contributed by atoms with Gasteiger partial charge < -0.3 is 10.4 Å². The Labute approximate surface area is 110 Å². The van der Waals surface area contributed by atoms with Crippen LogP contribution in [0.1, 0.15) is 30.1 Å². The zero-order valence-electron chi connectivity index (χ0n) is 10.6. The molecule has 0 bridgehead atoms. The highest BCUT2D eigenvalue weighted by molar-refractivity contribution is 6.03. The van der Waals surface area contributed by atoms with Gasteiger partial charge in [0.2, 0.25) is 5.91 Å². The molecular weight excluding hydrogens is 246 g/mol. The molecular formula is C14H15NO4. The molecule has 1 aliphatic rings. The Morgan fingerprint density at radius 2 is 1.84 bits per heavy atom. The number of hydrogen-bond donors (Lipinski definition) is 2. The van der Waals surface area contributed by atoms with Crippen molar-refractivity contribution < 1.29 is 19.5 Å². The smallest absolute Gasteiger partial charge is 0.307 e. The van der Waals surface area contributed by atoms with E-state index in [-0.39, 0.29) is 11.7 Å². The van der Waals surface area contributed by atoms with Crippen LogP contribution in [0.15, 0.2) is 24.3 Å². The average Bonchev–Trinajstić information content (AvgIpc) is 3.19. The van der Waals surface area contributed by atoms with E-state index in [1.807, 2.05) is 0 Å². The quantitative estimate of drug-likeness (QED) is 0.793. The maximum Gasteiger partial charge on any atom is 0.307 e. The number of amides is 1. The summed E-state index contributed by atoms with van der Waals surface area (Å²) in [5.74, 6) is -2.07. The lowest BCUT2D eigenvalue weighted by Gasteiger charge is -2.04. The fraction of sp³-hybridized carbons (Fsp3) is 0.357. The van der Waals surface area contributed by atoms with E-state index in [9.17, 15) is 14.4 Å². The number of benzene rings is 1. The lowest BCUT2D eigenvalue weighted by atomic mass is 10.1. The van der Waals surface area contributed by atoms with Gasteiger partial charge in [0.15, 0.2) is 5.78 Å². The number of Topliss-reactive ketones (excluding diaryl/α,β-unsaturated/α-hetero) is 1. The van der Waals surface area contributed by atoms with Gasteiger partial charge in [0, 0.05) is 23.6 Å². The largest absolute Gasteiger partial charge is 0.481 e. The third-order valence-corrected chi connectivity index (χ3v) is 3.22. The lowest BCUT2D eigenvalue weighted by Crippen LogP contribution is -2.10. The fourth-order valence-corrected chi connectivity index (χ4v) is 1.94. The van der Waals surface area contributed by atoms with E-state index < -0.39 is 17.8 Å². The maximum atomic E-state index is 12.0. The second-order valence-electron chi connectivity index (χ2n) is 4.63. The van der Waals surface area contributed by atoms with Gasteiger partial charge in [-0.05, 0) is 30.7 Å². The first-order valence-corrected chi connectivity index (χ1v) is 6.20. The van der Waals surface area contributed by atoms with Crippen LogP contribution in [0.3, 0.4) is 0 Å². The first kappa shape index (κ1) is 13.3. The summed E-state index contributed by atoms with van der Waals surface area (Å²) in [7, 11) is 0. The highest BCUT2D eigenvalue weighted by atomic mass is 16.4. The van der Waals surface area contributed by atoms with Crippen molar-refractivity contribution in [2.24, 2.45) is 11.8 Å². The Balaban J connectivity index is 2.01. The molecule has 100 valence electrons. The molecule has 1 amide bonds. The Hall–Kier alpha value is -2.17. The van der Waals surface area contributed by atoms with Crippen LogP contribution in [0, 0.1) is 11.8 Å². The van der Waals surface area contributed by atoms with E-state index in [0.717, 1.165) is 0 Å². The lowest BCUT2D eigenvalue weighted by molar-refractivity contribution is -0.138. The van der Waals surface area contributed by atoms with Crippen LogP contribution in [-0.4, -0.2) is 22.8 Å². The van der Waals surface area contributed by atoms with Crippen molar-refractivity contribution in [1.29, 1.82) is 0 Å². The third-order valence-electron chi connectivity index (χ3n) is 3.22. The number of carboxylic acid groups (broad SMARTS) is 1. The van der Waals surface area contributed by atoms with Gasteiger partial charge in [0.1, 0.15) is 0 Å². The number of nitrogens with one attached hydrogen (secondary N) is 1. The number of aliphatic carboxylic acids is 1. The van der Waals surface area contributed by atoms with Crippen LogP contribution in [0.2, 0.25) is 0 Å². The fourth-order valence-electron chi connectivity index (χ4n) is 1.94. The molecule has 19 heavy (non-hydrogen) atoms. The molecule has 1 aromatic rings. The summed E-state index contributed by atoms with van der Waals surface area (Å²) in [5.41, 5.74) is 1.12. The van der Waals surface area contributed by atoms with Crippen molar-refractivity contribution in [2.45, 2.75) is 19.8 Å². The predicted octanol–water partition coefficient (Wildman–Crippen LogP) is 1.94. The van der Waals surface area contributed by atoms with E-state index in [2.05, 4.69) is 5.32 Å². The van der Waals surface area contributed by atoms with Gasteiger partial charge in [-0.3, -0.25) is 14.4 Å². The number of anilines is 1. The molecule has 1 aromatic carbocycles. The number of ketones is 1.